The second-order valence-electron chi connectivity index (χ2n) is 3.84. The fraction of sp³-hybridized carbons (Fsp3) is 0.200. The Hall–Kier alpha value is -0.770. The van der Waals surface area contributed by atoms with Crippen LogP contribution in [0.4, 0.5) is 0 Å². The molecule has 0 aliphatic heterocycles. The second-order valence-corrected chi connectivity index (χ2v) is 5.93. The molecule has 18 heavy (non-hydrogen) atoms. The van der Waals surface area contributed by atoms with Gasteiger partial charge in [-0.2, -0.15) is 0 Å². The van der Waals surface area contributed by atoms with Crippen molar-refractivity contribution in [2.45, 2.75) is 11.5 Å². The zero-order valence-corrected chi connectivity index (χ0v) is 12.4. The molecule has 0 saturated carbocycles. The van der Waals surface area contributed by atoms with E-state index in [1.54, 1.807) is 0 Å². The van der Waals surface area contributed by atoms with Crippen LogP contribution in [0.2, 0.25) is 0 Å². The molecule has 94 valence electrons. The zero-order chi connectivity index (χ0) is 12.6. The lowest BCUT2D eigenvalue weighted by Gasteiger charge is -2.05. The van der Waals surface area contributed by atoms with Crippen LogP contribution < -0.4 is 0 Å². The smallest absolute Gasteiger partial charge is 0.0717 e. The molecule has 0 radical (unpaired) electrons. The van der Waals surface area contributed by atoms with Crippen molar-refractivity contribution in [3.8, 4) is 0 Å². The van der Waals surface area contributed by atoms with E-state index in [1.165, 1.54) is 10.5 Å². The van der Waals surface area contributed by atoms with Gasteiger partial charge in [-0.1, -0.05) is 46.3 Å². The zero-order valence-electron chi connectivity index (χ0n) is 10.0. The average molecular weight is 323 g/mol. The minimum absolute atomic E-state index is 0.675. The number of halogens is 1. The predicted molar refractivity (Wildman–Crippen MR) is 81.0 cm³/mol. The molecule has 0 saturated heterocycles. The van der Waals surface area contributed by atoms with Crippen molar-refractivity contribution in [2.75, 3.05) is 12.4 Å². The average Bonchev–Trinajstić information content (AvgIpc) is 2.40. The van der Waals surface area contributed by atoms with Gasteiger partial charge in [-0.3, -0.25) is 0 Å². The van der Waals surface area contributed by atoms with E-state index in [0.717, 1.165) is 16.8 Å². The Labute approximate surface area is 121 Å². The van der Waals surface area contributed by atoms with Crippen LogP contribution in [-0.2, 0) is 11.3 Å². The first-order chi connectivity index (χ1) is 8.84. The molecule has 0 bridgehead atoms. The molecule has 1 nitrogen and oxygen atoms in total. The van der Waals surface area contributed by atoms with Gasteiger partial charge < -0.3 is 4.74 Å². The van der Waals surface area contributed by atoms with Gasteiger partial charge in [0, 0.05) is 15.1 Å². The van der Waals surface area contributed by atoms with Crippen LogP contribution >= 0.6 is 27.7 Å². The third-order valence-corrected chi connectivity index (χ3v) is 3.87. The molecule has 2 aromatic rings. The summed E-state index contributed by atoms with van der Waals surface area (Å²) in [4.78, 5) is 1.29. The lowest BCUT2D eigenvalue weighted by atomic mass is 10.2. The maximum absolute atomic E-state index is 5.65. The minimum Gasteiger partial charge on any atom is -0.376 e. The van der Waals surface area contributed by atoms with Crippen molar-refractivity contribution in [1.29, 1.82) is 0 Å². The lowest BCUT2D eigenvalue weighted by molar-refractivity contribution is 0.136. The van der Waals surface area contributed by atoms with Gasteiger partial charge in [0.2, 0.25) is 0 Å². The Morgan fingerprint density at radius 3 is 2.61 bits per heavy atom. The third kappa shape index (κ3) is 4.84. The summed E-state index contributed by atoms with van der Waals surface area (Å²) in [5, 5.41) is 0. The molecule has 0 heterocycles. The molecule has 0 fully saturated rings. The van der Waals surface area contributed by atoms with Crippen LogP contribution in [0.3, 0.4) is 0 Å². The van der Waals surface area contributed by atoms with E-state index in [2.05, 4.69) is 52.3 Å². The van der Waals surface area contributed by atoms with Gasteiger partial charge in [0.25, 0.3) is 0 Å². The summed E-state index contributed by atoms with van der Waals surface area (Å²) in [5.41, 5.74) is 1.20. The topological polar surface area (TPSA) is 9.23 Å². The van der Waals surface area contributed by atoms with Crippen molar-refractivity contribution >= 4 is 27.7 Å². The SMILES string of the molecule is Brc1cccc(COCCSc2ccccc2)c1. The van der Waals surface area contributed by atoms with E-state index in [9.17, 15) is 0 Å². The van der Waals surface area contributed by atoms with Crippen LogP contribution in [0.1, 0.15) is 5.56 Å². The Kier molecular flexibility index (Phi) is 5.78. The van der Waals surface area contributed by atoms with Crippen molar-refractivity contribution < 1.29 is 4.74 Å². The number of rotatable bonds is 6. The van der Waals surface area contributed by atoms with Crippen LogP contribution in [0.25, 0.3) is 0 Å². The van der Waals surface area contributed by atoms with E-state index in [4.69, 9.17) is 4.74 Å². The van der Waals surface area contributed by atoms with Crippen molar-refractivity contribution in [2.24, 2.45) is 0 Å². The summed E-state index contributed by atoms with van der Waals surface area (Å²) in [7, 11) is 0. The third-order valence-electron chi connectivity index (χ3n) is 2.40. The molecule has 0 N–H and O–H groups in total. The number of ether oxygens (including phenoxy) is 1. The van der Waals surface area contributed by atoms with Gasteiger partial charge in [0.1, 0.15) is 0 Å². The summed E-state index contributed by atoms with van der Waals surface area (Å²) >= 11 is 5.28. The highest BCUT2D eigenvalue weighted by atomic mass is 79.9. The van der Waals surface area contributed by atoms with Gasteiger partial charge in [0.15, 0.2) is 0 Å². The molecular weight excluding hydrogens is 308 g/mol. The van der Waals surface area contributed by atoms with E-state index >= 15 is 0 Å². The molecule has 0 atom stereocenters. The quantitative estimate of drug-likeness (QED) is 0.560. The minimum atomic E-state index is 0.675. The summed E-state index contributed by atoms with van der Waals surface area (Å²) in [6, 6.07) is 18.6. The molecule has 0 amide bonds. The van der Waals surface area contributed by atoms with E-state index < -0.39 is 0 Å². The van der Waals surface area contributed by atoms with Gasteiger partial charge in [-0.15, -0.1) is 11.8 Å². The van der Waals surface area contributed by atoms with E-state index in [0.29, 0.717) is 6.61 Å². The Morgan fingerprint density at radius 2 is 1.83 bits per heavy atom. The van der Waals surface area contributed by atoms with Crippen LogP contribution in [-0.4, -0.2) is 12.4 Å². The van der Waals surface area contributed by atoms with Gasteiger partial charge in [-0.05, 0) is 29.8 Å². The molecule has 2 rings (SSSR count). The molecule has 3 heteroatoms. The van der Waals surface area contributed by atoms with Crippen molar-refractivity contribution in [1.82, 2.24) is 0 Å². The molecule has 0 aliphatic rings. The summed E-state index contributed by atoms with van der Waals surface area (Å²) < 4.78 is 6.75. The van der Waals surface area contributed by atoms with Gasteiger partial charge >= 0.3 is 0 Å². The first-order valence-corrected chi connectivity index (χ1v) is 7.62. The van der Waals surface area contributed by atoms with E-state index in [-0.39, 0.29) is 0 Å². The largest absolute Gasteiger partial charge is 0.376 e. The highest BCUT2D eigenvalue weighted by molar-refractivity contribution is 9.10. The Balaban J connectivity index is 1.65. The van der Waals surface area contributed by atoms with Gasteiger partial charge in [-0.25, -0.2) is 0 Å². The predicted octanol–water partition coefficient (Wildman–Crippen LogP) is 4.76. The highest BCUT2D eigenvalue weighted by Gasteiger charge is 1.96. The maximum Gasteiger partial charge on any atom is 0.0717 e. The summed E-state index contributed by atoms with van der Waals surface area (Å²) in [5.74, 6) is 0.984. The second kappa shape index (κ2) is 7.62. The molecule has 2 aromatic carbocycles. The molecule has 0 aliphatic carbocycles. The van der Waals surface area contributed by atoms with Crippen LogP contribution in [0.5, 0.6) is 0 Å². The molecule has 0 unspecified atom stereocenters. The Morgan fingerprint density at radius 1 is 1.00 bits per heavy atom. The fourth-order valence-electron chi connectivity index (χ4n) is 1.55. The normalized spacial score (nSPS) is 10.5. The number of thioether (sulfide) groups is 1. The monoisotopic (exact) mass is 322 g/mol. The van der Waals surface area contributed by atoms with E-state index in [1.807, 2.05) is 30.0 Å². The van der Waals surface area contributed by atoms with Crippen molar-refractivity contribution in [3.63, 3.8) is 0 Å². The molecular formula is C15H15BrOS. The highest BCUT2D eigenvalue weighted by Crippen LogP contribution is 2.17. The number of hydrogen-bond donors (Lipinski definition) is 0. The lowest BCUT2D eigenvalue weighted by Crippen LogP contribution is -1.97. The van der Waals surface area contributed by atoms with Crippen LogP contribution in [0.15, 0.2) is 64.0 Å². The van der Waals surface area contributed by atoms with Crippen molar-refractivity contribution in [3.05, 3.63) is 64.6 Å². The first-order valence-electron chi connectivity index (χ1n) is 5.84. The number of hydrogen-bond acceptors (Lipinski definition) is 2. The summed E-state index contributed by atoms with van der Waals surface area (Å²) in [6.45, 7) is 1.45. The summed E-state index contributed by atoms with van der Waals surface area (Å²) in [6.07, 6.45) is 0. The molecule has 0 spiro atoms. The van der Waals surface area contributed by atoms with Crippen LogP contribution in [0, 0.1) is 0 Å². The molecule has 0 aromatic heterocycles. The van der Waals surface area contributed by atoms with Gasteiger partial charge in [0.05, 0.1) is 13.2 Å². The Bertz CT molecular complexity index is 473. The number of benzene rings is 2. The fourth-order valence-corrected chi connectivity index (χ4v) is 2.79. The first kappa shape index (κ1) is 13.7. The maximum atomic E-state index is 5.65. The standard InChI is InChI=1S/C15H15BrOS/c16-14-6-4-5-13(11-14)12-17-9-10-18-15-7-2-1-3-8-15/h1-8,11H,9-10,12H2.